The van der Waals surface area contributed by atoms with Gasteiger partial charge in [-0.05, 0) is 13.0 Å². The fourth-order valence-corrected chi connectivity index (χ4v) is 1.22. The molecular formula is C10H6F2O2. The number of halogens is 2. The molecule has 0 amide bonds. The first-order valence-corrected chi connectivity index (χ1v) is 3.97. The van der Waals surface area contributed by atoms with Gasteiger partial charge in [-0.2, -0.15) is 0 Å². The van der Waals surface area contributed by atoms with Crippen LogP contribution >= 0.6 is 0 Å². The predicted molar refractivity (Wildman–Crippen MR) is 47.1 cm³/mol. The monoisotopic (exact) mass is 196 g/mol. The van der Waals surface area contributed by atoms with Crippen LogP contribution in [0.1, 0.15) is 5.56 Å². The molecule has 0 saturated heterocycles. The Bertz CT molecular complexity index is 558. The highest BCUT2D eigenvalue weighted by atomic mass is 19.2. The lowest BCUT2D eigenvalue weighted by Crippen LogP contribution is -2.05. The van der Waals surface area contributed by atoms with Gasteiger partial charge in [-0.1, -0.05) is 0 Å². The van der Waals surface area contributed by atoms with Crippen molar-refractivity contribution in [1.29, 1.82) is 0 Å². The quantitative estimate of drug-likeness (QED) is 0.647. The second kappa shape index (κ2) is 2.90. The van der Waals surface area contributed by atoms with Crippen LogP contribution in [0.3, 0.4) is 0 Å². The van der Waals surface area contributed by atoms with E-state index < -0.39 is 11.6 Å². The molecule has 2 aromatic rings. The van der Waals surface area contributed by atoms with E-state index in [-0.39, 0.29) is 16.4 Å². The Labute approximate surface area is 77.8 Å². The molecule has 0 aliphatic carbocycles. The Morgan fingerprint density at radius 3 is 2.57 bits per heavy atom. The van der Waals surface area contributed by atoms with E-state index in [9.17, 15) is 13.6 Å². The maximum atomic E-state index is 12.8. The molecule has 1 aromatic heterocycles. The molecule has 0 fully saturated rings. The lowest BCUT2D eigenvalue weighted by molar-refractivity contribution is 0.505. The number of hydrogen-bond acceptors (Lipinski definition) is 2. The molecule has 72 valence electrons. The summed E-state index contributed by atoms with van der Waals surface area (Å²) in [5, 5.41) is 0.0592. The molecule has 0 saturated carbocycles. The third kappa shape index (κ3) is 1.19. The van der Waals surface area contributed by atoms with Gasteiger partial charge in [-0.25, -0.2) is 8.78 Å². The second-order valence-corrected chi connectivity index (χ2v) is 3.01. The molecule has 2 rings (SSSR count). The van der Waals surface area contributed by atoms with E-state index >= 15 is 0 Å². The van der Waals surface area contributed by atoms with Gasteiger partial charge in [0, 0.05) is 11.6 Å². The highest BCUT2D eigenvalue weighted by Gasteiger charge is 2.09. The summed E-state index contributed by atoms with van der Waals surface area (Å²) in [6, 6.07) is 1.72. The minimum Gasteiger partial charge on any atom is -0.464 e. The van der Waals surface area contributed by atoms with Crippen molar-refractivity contribution in [2.45, 2.75) is 6.92 Å². The van der Waals surface area contributed by atoms with E-state index in [1.807, 2.05) is 0 Å². The van der Waals surface area contributed by atoms with E-state index in [1.165, 1.54) is 6.26 Å². The van der Waals surface area contributed by atoms with Crippen molar-refractivity contribution in [2.24, 2.45) is 0 Å². The topological polar surface area (TPSA) is 30.2 Å². The molecule has 14 heavy (non-hydrogen) atoms. The molecule has 0 bridgehead atoms. The van der Waals surface area contributed by atoms with Crippen LogP contribution in [0.15, 0.2) is 27.6 Å². The standard InChI is InChI=1S/C10H6F2O2/c1-5-4-14-9-3-8(12)7(11)2-6(9)10(5)13/h2-4H,1H3. The Hall–Kier alpha value is -1.71. The van der Waals surface area contributed by atoms with Crippen molar-refractivity contribution < 1.29 is 13.2 Å². The summed E-state index contributed by atoms with van der Waals surface area (Å²) in [4.78, 5) is 11.4. The molecule has 0 aliphatic rings. The average molecular weight is 196 g/mol. The average Bonchev–Trinajstić information content (AvgIpc) is 2.15. The van der Waals surface area contributed by atoms with Gasteiger partial charge in [0.05, 0.1) is 11.6 Å². The summed E-state index contributed by atoms with van der Waals surface area (Å²) in [6.45, 7) is 1.55. The van der Waals surface area contributed by atoms with E-state index in [0.717, 1.165) is 12.1 Å². The molecule has 0 unspecified atom stereocenters. The highest BCUT2D eigenvalue weighted by molar-refractivity contribution is 5.76. The van der Waals surface area contributed by atoms with Crippen molar-refractivity contribution in [3.63, 3.8) is 0 Å². The van der Waals surface area contributed by atoms with Crippen molar-refractivity contribution >= 4 is 11.0 Å². The van der Waals surface area contributed by atoms with Crippen molar-refractivity contribution in [1.82, 2.24) is 0 Å². The molecule has 2 nitrogen and oxygen atoms in total. The third-order valence-electron chi connectivity index (χ3n) is 1.99. The normalized spacial score (nSPS) is 10.8. The molecule has 4 heteroatoms. The summed E-state index contributed by atoms with van der Waals surface area (Å²) >= 11 is 0. The lowest BCUT2D eigenvalue weighted by atomic mass is 10.2. The molecule has 0 spiro atoms. The van der Waals surface area contributed by atoms with Gasteiger partial charge in [0.2, 0.25) is 0 Å². The fourth-order valence-electron chi connectivity index (χ4n) is 1.22. The summed E-state index contributed by atoms with van der Waals surface area (Å²) in [6.07, 6.45) is 1.22. The highest BCUT2D eigenvalue weighted by Crippen LogP contribution is 2.15. The minimum atomic E-state index is -1.05. The first kappa shape index (κ1) is 8.87. The number of fused-ring (bicyclic) bond motifs is 1. The van der Waals surface area contributed by atoms with Crippen LogP contribution < -0.4 is 5.43 Å². The van der Waals surface area contributed by atoms with Crippen LogP contribution in [-0.2, 0) is 0 Å². The van der Waals surface area contributed by atoms with Gasteiger partial charge in [0.1, 0.15) is 5.58 Å². The number of aryl methyl sites for hydroxylation is 1. The molecule has 0 aliphatic heterocycles. The van der Waals surface area contributed by atoms with Crippen LogP contribution in [0.25, 0.3) is 11.0 Å². The molecule has 0 N–H and O–H groups in total. The Balaban J connectivity index is 2.97. The number of hydrogen-bond donors (Lipinski definition) is 0. The zero-order chi connectivity index (χ0) is 10.3. The summed E-state index contributed by atoms with van der Waals surface area (Å²) < 4.78 is 30.5. The maximum absolute atomic E-state index is 12.8. The van der Waals surface area contributed by atoms with Crippen molar-refractivity contribution in [3.05, 3.63) is 45.8 Å². The van der Waals surface area contributed by atoms with Crippen LogP contribution in [0.4, 0.5) is 8.78 Å². The molecule has 0 atom stereocenters. The van der Waals surface area contributed by atoms with Gasteiger partial charge in [0.15, 0.2) is 17.1 Å². The van der Waals surface area contributed by atoms with Gasteiger partial charge >= 0.3 is 0 Å². The summed E-state index contributed by atoms with van der Waals surface area (Å²) in [5.41, 5.74) is 0.0770. The smallest absolute Gasteiger partial charge is 0.195 e. The minimum absolute atomic E-state index is 0.0551. The van der Waals surface area contributed by atoms with Gasteiger partial charge in [-0.15, -0.1) is 0 Å². The van der Waals surface area contributed by atoms with Gasteiger partial charge < -0.3 is 4.42 Å². The zero-order valence-electron chi connectivity index (χ0n) is 7.30. The maximum Gasteiger partial charge on any atom is 0.195 e. The Morgan fingerprint density at radius 2 is 1.86 bits per heavy atom. The predicted octanol–water partition coefficient (Wildman–Crippen LogP) is 2.38. The number of rotatable bonds is 0. The molecule has 1 aromatic carbocycles. The van der Waals surface area contributed by atoms with Crippen molar-refractivity contribution in [3.8, 4) is 0 Å². The zero-order valence-corrected chi connectivity index (χ0v) is 7.30. The van der Waals surface area contributed by atoms with Gasteiger partial charge in [0.25, 0.3) is 0 Å². The molecule has 1 heterocycles. The first-order chi connectivity index (χ1) is 6.59. The van der Waals surface area contributed by atoms with Crippen LogP contribution in [0, 0.1) is 18.6 Å². The van der Waals surface area contributed by atoms with E-state index in [1.54, 1.807) is 6.92 Å². The number of benzene rings is 1. The van der Waals surface area contributed by atoms with E-state index in [4.69, 9.17) is 4.42 Å². The van der Waals surface area contributed by atoms with Gasteiger partial charge in [-0.3, -0.25) is 4.79 Å². The third-order valence-corrected chi connectivity index (χ3v) is 1.99. The Kier molecular flexibility index (Phi) is 1.84. The van der Waals surface area contributed by atoms with E-state index in [0.29, 0.717) is 5.56 Å². The SMILES string of the molecule is Cc1coc2cc(F)c(F)cc2c1=O. The van der Waals surface area contributed by atoms with Crippen molar-refractivity contribution in [2.75, 3.05) is 0 Å². The molecular weight excluding hydrogens is 190 g/mol. The first-order valence-electron chi connectivity index (χ1n) is 3.97. The van der Waals surface area contributed by atoms with Crippen LogP contribution in [0.2, 0.25) is 0 Å². The molecule has 0 radical (unpaired) electrons. The Morgan fingerprint density at radius 1 is 1.21 bits per heavy atom. The fraction of sp³-hybridized carbons (Fsp3) is 0.100. The van der Waals surface area contributed by atoms with Crippen LogP contribution in [-0.4, -0.2) is 0 Å². The second-order valence-electron chi connectivity index (χ2n) is 3.01. The lowest BCUT2D eigenvalue weighted by Gasteiger charge is -1.98. The summed E-state index contributed by atoms with van der Waals surface area (Å²) in [5.74, 6) is -2.07. The van der Waals surface area contributed by atoms with Crippen LogP contribution in [0.5, 0.6) is 0 Å². The largest absolute Gasteiger partial charge is 0.464 e. The summed E-state index contributed by atoms with van der Waals surface area (Å²) in [7, 11) is 0. The van der Waals surface area contributed by atoms with E-state index in [2.05, 4.69) is 0 Å².